The maximum Gasteiger partial charge on any atom is 0.210 e. The van der Waals surface area contributed by atoms with E-state index in [1.165, 1.54) is 22.5 Å². The molecule has 2 heterocycles. The van der Waals surface area contributed by atoms with Crippen LogP contribution in [-0.2, 0) is 12.3 Å². The van der Waals surface area contributed by atoms with Gasteiger partial charge in [0, 0.05) is 6.54 Å². The summed E-state index contributed by atoms with van der Waals surface area (Å²) in [6.45, 7) is 2.80. The Morgan fingerprint density at radius 3 is 2.83 bits per heavy atom. The van der Waals surface area contributed by atoms with Gasteiger partial charge in [0.1, 0.15) is 5.82 Å². The van der Waals surface area contributed by atoms with Crippen molar-refractivity contribution in [3.8, 4) is 11.4 Å². The SMILES string of the molecule is CCCn1nnnc1CSc1nnc(-c2ccccc2F)n1N. The van der Waals surface area contributed by atoms with Crippen molar-refractivity contribution in [3.63, 3.8) is 0 Å². The van der Waals surface area contributed by atoms with Crippen molar-refractivity contribution < 1.29 is 4.39 Å². The van der Waals surface area contributed by atoms with Gasteiger partial charge in [0.15, 0.2) is 11.6 Å². The molecule has 0 aliphatic heterocycles. The lowest BCUT2D eigenvalue weighted by molar-refractivity contribution is 0.564. The summed E-state index contributed by atoms with van der Waals surface area (Å²) in [4.78, 5) is 0. The van der Waals surface area contributed by atoms with Gasteiger partial charge in [-0.05, 0) is 29.0 Å². The van der Waals surface area contributed by atoms with Crippen LogP contribution in [0, 0.1) is 5.82 Å². The first-order valence-electron chi connectivity index (χ1n) is 7.04. The summed E-state index contributed by atoms with van der Waals surface area (Å²) in [6, 6.07) is 6.30. The third-order valence-corrected chi connectivity index (χ3v) is 4.09. The fraction of sp³-hybridized carbons (Fsp3) is 0.308. The van der Waals surface area contributed by atoms with E-state index in [-0.39, 0.29) is 5.82 Å². The average molecular weight is 334 g/mol. The molecule has 0 bridgehead atoms. The molecular weight excluding hydrogens is 319 g/mol. The summed E-state index contributed by atoms with van der Waals surface area (Å²) in [5.74, 6) is 7.10. The molecule has 0 aliphatic rings. The molecule has 0 amide bonds. The van der Waals surface area contributed by atoms with Gasteiger partial charge in [-0.15, -0.1) is 15.3 Å². The molecule has 2 N–H and O–H groups in total. The van der Waals surface area contributed by atoms with Crippen LogP contribution < -0.4 is 5.84 Å². The van der Waals surface area contributed by atoms with Crippen LogP contribution in [0.15, 0.2) is 29.4 Å². The molecule has 1 aromatic carbocycles. The molecule has 3 rings (SSSR count). The van der Waals surface area contributed by atoms with Crippen LogP contribution in [0.5, 0.6) is 0 Å². The van der Waals surface area contributed by atoms with E-state index in [1.807, 2.05) is 0 Å². The largest absolute Gasteiger partial charge is 0.335 e. The van der Waals surface area contributed by atoms with E-state index in [0.717, 1.165) is 18.8 Å². The minimum Gasteiger partial charge on any atom is -0.335 e. The van der Waals surface area contributed by atoms with E-state index in [1.54, 1.807) is 22.9 Å². The van der Waals surface area contributed by atoms with E-state index in [9.17, 15) is 4.39 Å². The number of hydrogen-bond donors (Lipinski definition) is 1. The first-order chi connectivity index (χ1) is 11.2. The van der Waals surface area contributed by atoms with Crippen molar-refractivity contribution in [3.05, 3.63) is 35.9 Å². The van der Waals surface area contributed by atoms with Gasteiger partial charge in [-0.2, -0.15) is 0 Å². The molecule has 0 fully saturated rings. The minimum atomic E-state index is -0.393. The maximum absolute atomic E-state index is 13.8. The number of aryl methyl sites for hydroxylation is 1. The fourth-order valence-electron chi connectivity index (χ4n) is 2.04. The minimum absolute atomic E-state index is 0.277. The molecule has 0 saturated heterocycles. The quantitative estimate of drug-likeness (QED) is 0.538. The van der Waals surface area contributed by atoms with Crippen molar-refractivity contribution in [2.45, 2.75) is 30.8 Å². The van der Waals surface area contributed by atoms with E-state index in [2.05, 4.69) is 32.6 Å². The van der Waals surface area contributed by atoms with Crippen molar-refractivity contribution in [2.24, 2.45) is 0 Å². The van der Waals surface area contributed by atoms with Gasteiger partial charge in [0.2, 0.25) is 5.16 Å². The normalized spacial score (nSPS) is 11.0. The summed E-state index contributed by atoms with van der Waals surface area (Å²) in [5.41, 5.74) is 0.310. The number of thioether (sulfide) groups is 1. The number of nitrogens with zero attached hydrogens (tertiary/aromatic N) is 7. The Morgan fingerprint density at radius 2 is 2.04 bits per heavy atom. The Labute approximate surface area is 135 Å². The number of hydrogen-bond acceptors (Lipinski definition) is 7. The van der Waals surface area contributed by atoms with Gasteiger partial charge in [0.05, 0.1) is 11.3 Å². The number of halogens is 1. The molecule has 0 aliphatic carbocycles. The Kier molecular flexibility index (Phi) is 4.51. The number of nitrogen functional groups attached to an aromatic ring is 1. The number of aromatic nitrogens is 7. The van der Waals surface area contributed by atoms with Crippen LogP contribution in [0.1, 0.15) is 19.2 Å². The Bertz CT molecular complexity index is 799. The molecule has 3 aromatic rings. The molecule has 8 nitrogen and oxygen atoms in total. The lowest BCUT2D eigenvalue weighted by atomic mass is 10.2. The zero-order valence-electron chi connectivity index (χ0n) is 12.4. The summed E-state index contributed by atoms with van der Waals surface area (Å²) >= 11 is 1.34. The molecule has 0 saturated carbocycles. The monoisotopic (exact) mass is 334 g/mol. The lowest BCUT2D eigenvalue weighted by Crippen LogP contribution is -2.12. The lowest BCUT2D eigenvalue weighted by Gasteiger charge is -2.05. The molecule has 120 valence electrons. The van der Waals surface area contributed by atoms with Crippen LogP contribution in [0.2, 0.25) is 0 Å². The first-order valence-corrected chi connectivity index (χ1v) is 8.02. The van der Waals surface area contributed by atoms with Crippen molar-refractivity contribution in [1.29, 1.82) is 0 Å². The second-order valence-corrected chi connectivity index (χ2v) is 5.71. The highest BCUT2D eigenvalue weighted by molar-refractivity contribution is 7.98. The molecule has 10 heteroatoms. The highest BCUT2D eigenvalue weighted by atomic mass is 32.2. The summed E-state index contributed by atoms with van der Waals surface area (Å²) in [7, 11) is 0. The number of benzene rings is 1. The highest BCUT2D eigenvalue weighted by Crippen LogP contribution is 2.25. The maximum atomic E-state index is 13.8. The van der Waals surface area contributed by atoms with Gasteiger partial charge < -0.3 is 5.84 Å². The zero-order valence-corrected chi connectivity index (χ0v) is 13.2. The average Bonchev–Trinajstić information content (AvgIpc) is 3.13. The number of nitrogens with two attached hydrogens (primary N) is 1. The van der Waals surface area contributed by atoms with Gasteiger partial charge in [-0.25, -0.2) is 13.7 Å². The molecule has 0 atom stereocenters. The van der Waals surface area contributed by atoms with E-state index >= 15 is 0 Å². The standard InChI is InChI=1S/C13H15FN8S/c1-2-7-21-11(16-19-20-21)8-23-13-18-17-12(22(13)15)9-5-3-4-6-10(9)14/h3-6H,2,7-8,15H2,1H3. The molecule has 0 radical (unpaired) electrons. The predicted octanol–water partition coefficient (Wildman–Crippen LogP) is 1.49. The zero-order chi connectivity index (χ0) is 16.2. The van der Waals surface area contributed by atoms with Gasteiger partial charge in [-0.1, -0.05) is 30.8 Å². The second-order valence-electron chi connectivity index (χ2n) is 4.76. The summed E-state index contributed by atoms with van der Waals surface area (Å²) in [5, 5.41) is 20.0. The predicted molar refractivity (Wildman–Crippen MR) is 83.2 cm³/mol. The Morgan fingerprint density at radius 1 is 1.22 bits per heavy atom. The number of rotatable bonds is 6. The van der Waals surface area contributed by atoms with Gasteiger partial charge >= 0.3 is 0 Å². The molecular formula is C13H15FN8S. The van der Waals surface area contributed by atoms with Gasteiger partial charge in [0.25, 0.3) is 0 Å². The summed E-state index contributed by atoms with van der Waals surface area (Å²) < 4.78 is 16.9. The highest BCUT2D eigenvalue weighted by Gasteiger charge is 2.16. The van der Waals surface area contributed by atoms with Crippen LogP contribution in [0.25, 0.3) is 11.4 Å². The summed E-state index contributed by atoms with van der Waals surface area (Å²) in [6.07, 6.45) is 0.938. The third-order valence-electron chi connectivity index (χ3n) is 3.15. The molecule has 0 unspecified atom stereocenters. The topological polar surface area (TPSA) is 100 Å². The van der Waals surface area contributed by atoms with E-state index < -0.39 is 5.82 Å². The third kappa shape index (κ3) is 3.16. The molecule has 2 aromatic heterocycles. The second kappa shape index (κ2) is 6.73. The molecule has 23 heavy (non-hydrogen) atoms. The van der Waals surface area contributed by atoms with Crippen LogP contribution in [0.3, 0.4) is 0 Å². The fourth-order valence-corrected chi connectivity index (χ4v) is 2.83. The number of tetrazole rings is 1. The van der Waals surface area contributed by atoms with Gasteiger partial charge in [-0.3, -0.25) is 0 Å². The molecule has 0 spiro atoms. The van der Waals surface area contributed by atoms with Crippen molar-refractivity contribution in [2.75, 3.05) is 5.84 Å². The van der Waals surface area contributed by atoms with Crippen LogP contribution in [-0.4, -0.2) is 35.1 Å². The Balaban J connectivity index is 1.78. The van der Waals surface area contributed by atoms with Crippen LogP contribution >= 0.6 is 11.8 Å². The smallest absolute Gasteiger partial charge is 0.210 e. The first kappa shape index (κ1) is 15.4. The Hall–Kier alpha value is -2.49. The van der Waals surface area contributed by atoms with Crippen molar-refractivity contribution in [1.82, 2.24) is 35.1 Å². The van der Waals surface area contributed by atoms with E-state index in [0.29, 0.717) is 16.5 Å². The van der Waals surface area contributed by atoms with E-state index in [4.69, 9.17) is 5.84 Å². The van der Waals surface area contributed by atoms with Crippen LogP contribution in [0.4, 0.5) is 4.39 Å². The van der Waals surface area contributed by atoms with Crippen molar-refractivity contribution >= 4 is 11.8 Å².